The lowest BCUT2D eigenvalue weighted by molar-refractivity contribution is -0.140. The number of sulfonamides is 1. The van der Waals surface area contributed by atoms with Crippen molar-refractivity contribution in [1.29, 1.82) is 0 Å². The molecule has 2 amide bonds. The molecule has 1 atom stereocenters. The van der Waals surface area contributed by atoms with Crippen molar-refractivity contribution in [3.8, 4) is 0 Å². The van der Waals surface area contributed by atoms with Crippen molar-refractivity contribution in [3.63, 3.8) is 0 Å². The molecule has 208 valence electrons. The van der Waals surface area contributed by atoms with E-state index in [2.05, 4.69) is 5.32 Å². The van der Waals surface area contributed by atoms with Crippen molar-refractivity contribution in [2.24, 2.45) is 0 Å². The lowest BCUT2D eigenvalue weighted by Crippen LogP contribution is -2.54. The number of amides is 2. The Morgan fingerprint density at radius 2 is 1.54 bits per heavy atom. The number of nitrogens with zero attached hydrogens (tertiary/aromatic N) is 2. The zero-order chi connectivity index (χ0) is 29.0. The summed E-state index contributed by atoms with van der Waals surface area (Å²) in [4.78, 5) is 28.7. The molecule has 0 spiro atoms. The summed E-state index contributed by atoms with van der Waals surface area (Å²) in [5.41, 5.74) is 2.12. The van der Waals surface area contributed by atoms with Gasteiger partial charge in [0.2, 0.25) is 11.8 Å². The second-order valence-electron chi connectivity index (χ2n) is 10.6. The van der Waals surface area contributed by atoms with Gasteiger partial charge in [-0.2, -0.15) is 0 Å². The second-order valence-corrected chi connectivity index (χ2v) is 12.8. The topological polar surface area (TPSA) is 86.8 Å². The van der Waals surface area contributed by atoms with Crippen LogP contribution in [-0.2, 0) is 26.2 Å². The molecule has 0 radical (unpaired) electrons. The molecule has 3 rings (SSSR count). The maximum atomic E-state index is 14.0. The molecular formula is C30H36ClN3O4S. The van der Waals surface area contributed by atoms with E-state index in [1.807, 2.05) is 52.0 Å². The number of carbonyl (C=O) groups is 2. The first-order valence-electron chi connectivity index (χ1n) is 12.7. The Bertz CT molecular complexity index is 1440. The molecule has 39 heavy (non-hydrogen) atoms. The SMILES string of the molecule is Cc1ccccc1CN(C(=O)CN(c1cccc(Cl)c1C)S(=O)(=O)c1ccccc1)[C@H](C)C(=O)NC(C)(C)C. The number of aryl methyl sites for hydroxylation is 1. The van der Waals surface area contributed by atoms with Gasteiger partial charge in [0, 0.05) is 17.1 Å². The molecule has 9 heteroatoms. The summed E-state index contributed by atoms with van der Waals surface area (Å²) >= 11 is 6.36. The van der Waals surface area contributed by atoms with Crippen molar-refractivity contribution < 1.29 is 18.0 Å². The maximum Gasteiger partial charge on any atom is 0.264 e. The van der Waals surface area contributed by atoms with Crippen LogP contribution in [-0.4, -0.2) is 43.3 Å². The normalized spacial score (nSPS) is 12.5. The molecule has 0 saturated heterocycles. The van der Waals surface area contributed by atoms with E-state index in [1.165, 1.54) is 17.0 Å². The molecule has 0 unspecified atom stereocenters. The first-order chi connectivity index (χ1) is 18.2. The van der Waals surface area contributed by atoms with Crippen molar-refractivity contribution in [1.82, 2.24) is 10.2 Å². The predicted octanol–water partition coefficient (Wildman–Crippen LogP) is 5.48. The summed E-state index contributed by atoms with van der Waals surface area (Å²) in [5, 5.41) is 3.31. The van der Waals surface area contributed by atoms with Gasteiger partial charge in [-0.05, 0) is 82.5 Å². The first kappa shape index (κ1) is 30.2. The van der Waals surface area contributed by atoms with Gasteiger partial charge in [-0.25, -0.2) is 8.42 Å². The Balaban J connectivity index is 2.08. The summed E-state index contributed by atoms with van der Waals surface area (Å²) in [6, 6.07) is 19.6. The van der Waals surface area contributed by atoms with Gasteiger partial charge in [0.15, 0.2) is 0 Å². The molecule has 7 nitrogen and oxygen atoms in total. The number of hydrogen-bond acceptors (Lipinski definition) is 4. The van der Waals surface area contributed by atoms with Gasteiger partial charge in [-0.3, -0.25) is 13.9 Å². The van der Waals surface area contributed by atoms with Crippen LogP contribution < -0.4 is 9.62 Å². The van der Waals surface area contributed by atoms with Crippen molar-refractivity contribution in [2.75, 3.05) is 10.8 Å². The third-order valence-corrected chi connectivity index (χ3v) is 8.57. The first-order valence-corrected chi connectivity index (χ1v) is 14.5. The molecule has 0 aliphatic rings. The highest BCUT2D eigenvalue weighted by Crippen LogP contribution is 2.31. The fourth-order valence-corrected chi connectivity index (χ4v) is 5.79. The minimum atomic E-state index is -4.15. The van der Waals surface area contributed by atoms with E-state index in [0.29, 0.717) is 16.3 Å². The predicted molar refractivity (Wildman–Crippen MR) is 156 cm³/mol. The largest absolute Gasteiger partial charge is 0.350 e. The quantitative estimate of drug-likeness (QED) is 0.369. The Kier molecular flexibility index (Phi) is 9.46. The van der Waals surface area contributed by atoms with Crippen LogP contribution in [0.15, 0.2) is 77.7 Å². The molecule has 3 aromatic carbocycles. The van der Waals surface area contributed by atoms with E-state index in [4.69, 9.17) is 11.6 Å². The van der Waals surface area contributed by atoms with Crippen LogP contribution >= 0.6 is 11.6 Å². The molecular weight excluding hydrogens is 534 g/mol. The molecule has 3 aromatic rings. The van der Waals surface area contributed by atoms with Gasteiger partial charge in [-0.15, -0.1) is 0 Å². The van der Waals surface area contributed by atoms with Crippen LogP contribution in [0.25, 0.3) is 0 Å². The molecule has 1 N–H and O–H groups in total. The van der Waals surface area contributed by atoms with Crippen LogP contribution in [0.3, 0.4) is 0 Å². The minimum absolute atomic E-state index is 0.0427. The lowest BCUT2D eigenvalue weighted by atomic mass is 10.1. The minimum Gasteiger partial charge on any atom is -0.350 e. The number of rotatable bonds is 9. The molecule has 0 aliphatic heterocycles. The smallest absolute Gasteiger partial charge is 0.264 e. The Morgan fingerprint density at radius 1 is 0.923 bits per heavy atom. The highest BCUT2D eigenvalue weighted by Gasteiger charge is 2.34. The number of nitrogens with one attached hydrogen (secondary N) is 1. The van der Waals surface area contributed by atoms with Crippen molar-refractivity contribution in [2.45, 2.75) is 64.6 Å². The fraction of sp³-hybridized carbons (Fsp3) is 0.333. The van der Waals surface area contributed by atoms with E-state index >= 15 is 0 Å². The van der Waals surface area contributed by atoms with Crippen LogP contribution in [0.2, 0.25) is 5.02 Å². The zero-order valence-corrected chi connectivity index (χ0v) is 24.8. The number of carbonyl (C=O) groups excluding carboxylic acids is 2. The van der Waals surface area contributed by atoms with E-state index in [9.17, 15) is 18.0 Å². The Labute approximate surface area is 236 Å². The number of halogens is 1. The highest BCUT2D eigenvalue weighted by atomic mass is 35.5. The van der Waals surface area contributed by atoms with Gasteiger partial charge in [0.25, 0.3) is 10.0 Å². The number of benzene rings is 3. The van der Waals surface area contributed by atoms with Crippen molar-refractivity contribution in [3.05, 3.63) is 94.5 Å². The number of anilines is 1. The fourth-order valence-electron chi connectivity index (χ4n) is 4.13. The van der Waals surface area contributed by atoms with Crippen LogP contribution in [0.4, 0.5) is 5.69 Å². The van der Waals surface area contributed by atoms with E-state index in [0.717, 1.165) is 15.4 Å². The van der Waals surface area contributed by atoms with Gasteiger partial charge >= 0.3 is 0 Å². The maximum absolute atomic E-state index is 14.0. The van der Waals surface area contributed by atoms with Gasteiger partial charge in [-0.1, -0.05) is 60.1 Å². The van der Waals surface area contributed by atoms with Crippen molar-refractivity contribution >= 4 is 39.1 Å². The third-order valence-electron chi connectivity index (χ3n) is 6.39. The summed E-state index contributed by atoms with van der Waals surface area (Å²) in [6.07, 6.45) is 0. The average molecular weight is 570 g/mol. The Morgan fingerprint density at radius 3 is 2.15 bits per heavy atom. The highest BCUT2D eigenvalue weighted by molar-refractivity contribution is 7.92. The van der Waals surface area contributed by atoms with E-state index in [1.54, 1.807) is 50.2 Å². The summed E-state index contributed by atoms with van der Waals surface area (Å²) in [6.45, 7) is 10.5. The standard InChI is InChI=1S/C30H36ClN3O4S/c1-21-13-10-11-14-24(21)19-33(23(3)29(36)32-30(4,5)6)28(35)20-34(27-18-12-17-26(31)22(27)2)39(37,38)25-15-8-7-9-16-25/h7-18,23H,19-20H2,1-6H3,(H,32,36)/t23-/m1/s1. The van der Waals surface area contributed by atoms with Gasteiger partial charge in [0.1, 0.15) is 12.6 Å². The summed E-state index contributed by atoms with van der Waals surface area (Å²) in [5.74, 6) is -0.852. The zero-order valence-electron chi connectivity index (χ0n) is 23.2. The number of hydrogen-bond donors (Lipinski definition) is 1. The monoisotopic (exact) mass is 569 g/mol. The molecule has 0 saturated carbocycles. The average Bonchev–Trinajstić information content (AvgIpc) is 2.87. The molecule has 0 heterocycles. The van der Waals surface area contributed by atoms with Gasteiger partial charge in [0.05, 0.1) is 10.6 Å². The molecule has 0 fully saturated rings. The third kappa shape index (κ3) is 7.40. The molecule has 0 bridgehead atoms. The van der Waals surface area contributed by atoms with E-state index < -0.39 is 34.1 Å². The van der Waals surface area contributed by atoms with Gasteiger partial charge < -0.3 is 10.2 Å². The van der Waals surface area contributed by atoms with Crippen LogP contribution in [0.1, 0.15) is 44.4 Å². The molecule has 0 aliphatic carbocycles. The summed E-state index contributed by atoms with van der Waals surface area (Å²) < 4.78 is 28.9. The van der Waals surface area contributed by atoms with E-state index in [-0.39, 0.29) is 17.3 Å². The molecule has 0 aromatic heterocycles. The second kappa shape index (κ2) is 12.2. The Hall–Kier alpha value is -3.36. The van der Waals surface area contributed by atoms with Crippen LogP contribution in [0, 0.1) is 13.8 Å². The van der Waals surface area contributed by atoms with Crippen LogP contribution in [0.5, 0.6) is 0 Å². The lowest BCUT2D eigenvalue weighted by Gasteiger charge is -2.34. The summed E-state index contributed by atoms with van der Waals surface area (Å²) in [7, 11) is -4.15.